The Hall–Kier alpha value is -4.35. The number of nitrogens with zero attached hydrogens (tertiary/aromatic N) is 5. The summed E-state index contributed by atoms with van der Waals surface area (Å²) in [6.45, 7) is 4.96. The minimum atomic E-state index is -0.401. The summed E-state index contributed by atoms with van der Waals surface area (Å²) in [7, 11) is 1.98. The summed E-state index contributed by atoms with van der Waals surface area (Å²) < 4.78 is 5.57. The molecule has 3 aromatic heterocycles. The van der Waals surface area contributed by atoms with Crippen molar-refractivity contribution in [2.75, 3.05) is 25.5 Å². The summed E-state index contributed by atoms with van der Waals surface area (Å²) in [4.78, 5) is 35.7. The van der Waals surface area contributed by atoms with Crippen LogP contribution in [0.5, 0.6) is 0 Å². The van der Waals surface area contributed by atoms with Crippen molar-refractivity contribution in [2.45, 2.75) is 18.4 Å². The van der Waals surface area contributed by atoms with Crippen molar-refractivity contribution in [2.24, 2.45) is 0 Å². The van der Waals surface area contributed by atoms with Crippen LogP contribution in [0.2, 0.25) is 5.02 Å². The minimum absolute atomic E-state index is 0.0378. The highest BCUT2D eigenvalue weighted by Crippen LogP contribution is 2.31. The number of anilines is 1. The number of likely N-dealkylation sites (tertiary alicyclic amines) is 1. The maximum atomic E-state index is 12.8. The Balaban J connectivity index is 1.28. The molecule has 0 radical (unpaired) electrons. The van der Waals surface area contributed by atoms with Gasteiger partial charge in [-0.15, -0.1) is 0 Å². The fourth-order valence-corrected chi connectivity index (χ4v) is 4.66. The molecule has 2 amide bonds. The van der Waals surface area contributed by atoms with Crippen LogP contribution in [0.25, 0.3) is 22.8 Å². The number of likely N-dealkylation sites (N-methyl/N-ethyl adjacent to an activating group) is 1. The van der Waals surface area contributed by atoms with Gasteiger partial charge in [-0.2, -0.15) is 10.1 Å². The third kappa shape index (κ3) is 5.63. The van der Waals surface area contributed by atoms with Gasteiger partial charge < -0.3 is 20.1 Å². The Morgan fingerprint density at radius 2 is 2.08 bits per heavy atom. The van der Waals surface area contributed by atoms with Gasteiger partial charge >= 0.3 is 0 Å². The molecule has 1 fully saturated rings. The van der Waals surface area contributed by atoms with Gasteiger partial charge in [0.2, 0.25) is 17.6 Å². The van der Waals surface area contributed by atoms with Gasteiger partial charge in [0.15, 0.2) is 0 Å². The Kier molecular flexibility index (Phi) is 7.29. The lowest BCUT2D eigenvalue weighted by atomic mass is 9.94. The highest BCUT2D eigenvalue weighted by Gasteiger charge is 2.31. The van der Waals surface area contributed by atoms with Gasteiger partial charge in [0.25, 0.3) is 5.91 Å². The van der Waals surface area contributed by atoms with E-state index < -0.39 is 5.91 Å². The molecule has 12 heteroatoms. The van der Waals surface area contributed by atoms with Gasteiger partial charge in [0, 0.05) is 30.9 Å². The summed E-state index contributed by atoms with van der Waals surface area (Å²) >= 11 is 6.49. The smallest absolute Gasteiger partial charge is 0.274 e. The molecule has 3 N–H and O–H groups in total. The average Bonchev–Trinajstić information content (AvgIpc) is 3.63. The molecule has 0 bridgehead atoms. The zero-order valence-corrected chi connectivity index (χ0v) is 21.3. The van der Waals surface area contributed by atoms with E-state index in [0.717, 1.165) is 13.1 Å². The number of benzene rings is 1. The number of halogens is 1. The molecule has 2 atom stereocenters. The molecule has 4 aromatic rings. The third-order valence-corrected chi connectivity index (χ3v) is 6.50. The Labute approximate surface area is 223 Å². The zero-order valence-electron chi connectivity index (χ0n) is 20.5. The molecule has 5 rings (SSSR count). The molecular formula is C26H25ClN8O3. The van der Waals surface area contributed by atoms with E-state index >= 15 is 0 Å². The van der Waals surface area contributed by atoms with Crippen LogP contribution in [0.3, 0.4) is 0 Å². The average molecular weight is 533 g/mol. The van der Waals surface area contributed by atoms with Gasteiger partial charge in [-0.05, 0) is 55.9 Å². The van der Waals surface area contributed by atoms with E-state index in [9.17, 15) is 9.59 Å². The van der Waals surface area contributed by atoms with Crippen LogP contribution in [-0.4, -0.2) is 68.2 Å². The van der Waals surface area contributed by atoms with Gasteiger partial charge in [-0.3, -0.25) is 14.7 Å². The lowest BCUT2D eigenvalue weighted by Crippen LogP contribution is -2.48. The number of carbonyl (C=O) groups is 2. The lowest BCUT2D eigenvalue weighted by molar-refractivity contribution is -0.117. The number of aromatic nitrogens is 5. The van der Waals surface area contributed by atoms with Crippen LogP contribution in [0.15, 0.2) is 65.8 Å². The molecule has 0 aliphatic carbocycles. The summed E-state index contributed by atoms with van der Waals surface area (Å²) in [6.07, 6.45) is 3.55. The molecule has 0 unspecified atom stereocenters. The third-order valence-electron chi connectivity index (χ3n) is 6.19. The molecule has 1 aliphatic heterocycles. The van der Waals surface area contributed by atoms with E-state index in [1.165, 1.54) is 6.08 Å². The SMILES string of the molecule is C=CC(=O)N[C@H]1C[C@@H](c2nc(-c3ccc(NC(=O)c4cccc(-c5ccn[nH]5)n4)c(Cl)c3)no2)CN(C)C1. The maximum absolute atomic E-state index is 12.8. The molecule has 4 heterocycles. The van der Waals surface area contributed by atoms with E-state index in [0.29, 0.717) is 45.8 Å². The van der Waals surface area contributed by atoms with Crippen molar-refractivity contribution in [3.63, 3.8) is 0 Å². The van der Waals surface area contributed by atoms with Crippen molar-refractivity contribution in [3.05, 3.63) is 77.9 Å². The number of H-pyrrole nitrogens is 1. The van der Waals surface area contributed by atoms with Gasteiger partial charge in [-0.1, -0.05) is 29.4 Å². The molecule has 1 saturated heterocycles. The standard InChI is InChI=1S/C26H25ClN8O3/c1-3-23(36)29-17-11-16(13-35(2)14-17)26-32-24(34-38-26)15-7-8-19(18(27)12-15)31-25(37)22-6-4-5-20(30-22)21-9-10-28-33-21/h3-10,12,16-17H,1,11,13-14H2,2H3,(H,28,33)(H,29,36)(H,31,37)/t16-,17+/m1/s1. The molecule has 1 aliphatic rings. The van der Waals surface area contributed by atoms with Crippen molar-refractivity contribution in [1.29, 1.82) is 0 Å². The minimum Gasteiger partial charge on any atom is -0.349 e. The summed E-state index contributed by atoms with van der Waals surface area (Å²) in [5.74, 6) is 0.222. The predicted octanol–water partition coefficient (Wildman–Crippen LogP) is 3.52. The van der Waals surface area contributed by atoms with Crippen LogP contribution in [0.1, 0.15) is 28.7 Å². The zero-order chi connectivity index (χ0) is 26.6. The molecule has 38 heavy (non-hydrogen) atoms. The van der Waals surface area contributed by atoms with E-state index in [-0.39, 0.29) is 23.6 Å². The fourth-order valence-electron chi connectivity index (χ4n) is 4.43. The number of pyridine rings is 1. The fraction of sp³-hybridized carbons (Fsp3) is 0.231. The van der Waals surface area contributed by atoms with E-state index in [2.05, 4.69) is 47.4 Å². The largest absolute Gasteiger partial charge is 0.349 e. The number of carbonyl (C=O) groups excluding carboxylic acids is 2. The second-order valence-corrected chi connectivity index (χ2v) is 9.45. The van der Waals surface area contributed by atoms with Crippen LogP contribution in [-0.2, 0) is 4.79 Å². The van der Waals surface area contributed by atoms with Gasteiger partial charge in [0.1, 0.15) is 5.69 Å². The number of rotatable bonds is 7. The van der Waals surface area contributed by atoms with E-state index in [1.807, 2.05) is 7.05 Å². The summed E-state index contributed by atoms with van der Waals surface area (Å²) in [6, 6.07) is 12.0. The summed E-state index contributed by atoms with van der Waals surface area (Å²) in [5.41, 5.74) is 2.61. The first-order chi connectivity index (χ1) is 18.4. The lowest BCUT2D eigenvalue weighted by Gasteiger charge is -2.34. The molecule has 1 aromatic carbocycles. The molecular weight excluding hydrogens is 508 g/mol. The predicted molar refractivity (Wildman–Crippen MR) is 141 cm³/mol. The quantitative estimate of drug-likeness (QED) is 0.307. The first kappa shape index (κ1) is 25.3. The normalized spacial score (nSPS) is 17.6. The Morgan fingerprint density at radius 1 is 1.21 bits per heavy atom. The topological polar surface area (TPSA) is 142 Å². The molecule has 0 saturated carbocycles. The number of hydrogen-bond acceptors (Lipinski definition) is 8. The number of nitrogens with one attached hydrogen (secondary N) is 3. The Morgan fingerprint density at radius 3 is 2.84 bits per heavy atom. The van der Waals surface area contributed by atoms with Crippen molar-refractivity contribution in [3.8, 4) is 22.8 Å². The van der Waals surface area contributed by atoms with Crippen LogP contribution >= 0.6 is 11.6 Å². The highest BCUT2D eigenvalue weighted by atomic mass is 35.5. The number of piperidine rings is 1. The molecule has 0 spiro atoms. The highest BCUT2D eigenvalue weighted by molar-refractivity contribution is 6.34. The molecule has 194 valence electrons. The second-order valence-electron chi connectivity index (χ2n) is 9.05. The van der Waals surface area contributed by atoms with Crippen molar-refractivity contribution < 1.29 is 14.1 Å². The van der Waals surface area contributed by atoms with E-state index in [1.54, 1.807) is 48.7 Å². The number of hydrogen-bond donors (Lipinski definition) is 3. The first-order valence-corrected chi connectivity index (χ1v) is 12.3. The van der Waals surface area contributed by atoms with E-state index in [4.69, 9.17) is 16.1 Å². The van der Waals surface area contributed by atoms with Crippen LogP contribution in [0, 0.1) is 0 Å². The van der Waals surface area contributed by atoms with Crippen LogP contribution in [0.4, 0.5) is 5.69 Å². The number of amides is 2. The van der Waals surface area contributed by atoms with Gasteiger partial charge in [-0.25, -0.2) is 4.98 Å². The second kappa shape index (κ2) is 11.0. The van der Waals surface area contributed by atoms with Crippen LogP contribution < -0.4 is 10.6 Å². The monoisotopic (exact) mass is 532 g/mol. The van der Waals surface area contributed by atoms with Crippen molar-refractivity contribution >= 4 is 29.1 Å². The Bertz CT molecular complexity index is 1470. The van der Waals surface area contributed by atoms with Crippen molar-refractivity contribution in [1.82, 2.24) is 35.5 Å². The number of aromatic amines is 1. The first-order valence-electron chi connectivity index (χ1n) is 11.9. The maximum Gasteiger partial charge on any atom is 0.274 e. The molecule has 11 nitrogen and oxygen atoms in total. The van der Waals surface area contributed by atoms with Gasteiger partial charge in [0.05, 0.1) is 28.0 Å². The summed E-state index contributed by atoms with van der Waals surface area (Å²) in [5, 5.41) is 16.9.